The number of carbonyl (C=O) groups excluding carboxylic acids is 1. The second-order valence-electron chi connectivity index (χ2n) is 2.84. The Bertz CT molecular complexity index is 410. The Morgan fingerprint density at radius 2 is 2.25 bits per heavy atom. The summed E-state index contributed by atoms with van der Waals surface area (Å²) in [7, 11) is 1.01. The number of hydrogen-bond donors (Lipinski definition) is 1. The highest BCUT2D eigenvalue weighted by Crippen LogP contribution is 2.27. The van der Waals surface area contributed by atoms with Gasteiger partial charge in [-0.2, -0.15) is 0 Å². The highest BCUT2D eigenvalue weighted by molar-refractivity contribution is 5.90. The predicted molar refractivity (Wildman–Crippen MR) is 48.4 cm³/mol. The number of alkyl halides is 2. The van der Waals surface area contributed by atoms with Gasteiger partial charge in [0.05, 0.1) is 23.9 Å². The van der Waals surface area contributed by atoms with Crippen molar-refractivity contribution >= 4 is 5.97 Å². The van der Waals surface area contributed by atoms with E-state index in [1.807, 2.05) is 0 Å². The standard InChI is InChI=1S/C9H9F3N2O2/c1-16-9(15)4-3-14-5(2-13)7(10)6(4)8(11)12/h3,8H,2,13H2,1H3. The molecule has 1 rings (SSSR count). The zero-order valence-electron chi connectivity index (χ0n) is 8.34. The van der Waals surface area contributed by atoms with Gasteiger partial charge in [0.25, 0.3) is 6.43 Å². The number of carbonyl (C=O) groups is 1. The lowest BCUT2D eigenvalue weighted by Crippen LogP contribution is -2.13. The first-order chi connectivity index (χ1) is 7.52. The van der Waals surface area contributed by atoms with Crippen molar-refractivity contribution in [1.82, 2.24) is 4.98 Å². The third kappa shape index (κ3) is 2.13. The van der Waals surface area contributed by atoms with Gasteiger partial charge in [-0.25, -0.2) is 18.0 Å². The van der Waals surface area contributed by atoms with Crippen molar-refractivity contribution in [3.8, 4) is 0 Å². The van der Waals surface area contributed by atoms with Gasteiger partial charge in [-0.05, 0) is 0 Å². The van der Waals surface area contributed by atoms with Crippen LogP contribution in [0, 0.1) is 5.82 Å². The van der Waals surface area contributed by atoms with E-state index in [-0.39, 0.29) is 12.2 Å². The minimum Gasteiger partial charge on any atom is -0.465 e. The topological polar surface area (TPSA) is 65.2 Å². The molecule has 0 unspecified atom stereocenters. The Kier molecular flexibility index (Phi) is 3.83. The van der Waals surface area contributed by atoms with E-state index in [9.17, 15) is 18.0 Å². The Morgan fingerprint density at radius 3 is 2.69 bits per heavy atom. The molecular weight excluding hydrogens is 225 g/mol. The van der Waals surface area contributed by atoms with E-state index < -0.39 is 29.3 Å². The van der Waals surface area contributed by atoms with E-state index in [0.29, 0.717) is 0 Å². The number of pyridine rings is 1. The van der Waals surface area contributed by atoms with Crippen LogP contribution in [-0.4, -0.2) is 18.1 Å². The molecule has 0 saturated heterocycles. The van der Waals surface area contributed by atoms with E-state index >= 15 is 0 Å². The fourth-order valence-corrected chi connectivity index (χ4v) is 1.17. The zero-order valence-corrected chi connectivity index (χ0v) is 8.34. The summed E-state index contributed by atoms with van der Waals surface area (Å²) in [6.45, 7) is -0.326. The summed E-state index contributed by atoms with van der Waals surface area (Å²) in [4.78, 5) is 14.6. The van der Waals surface area contributed by atoms with Crippen LogP contribution < -0.4 is 5.73 Å². The second kappa shape index (κ2) is 4.93. The number of methoxy groups -OCH3 is 1. The van der Waals surface area contributed by atoms with Crippen LogP contribution in [0.5, 0.6) is 0 Å². The normalized spacial score (nSPS) is 10.6. The molecule has 0 radical (unpaired) electrons. The van der Waals surface area contributed by atoms with Gasteiger partial charge in [0.1, 0.15) is 0 Å². The number of hydrogen-bond acceptors (Lipinski definition) is 4. The number of ether oxygens (including phenoxy) is 1. The van der Waals surface area contributed by atoms with E-state index in [2.05, 4.69) is 9.72 Å². The van der Waals surface area contributed by atoms with Crippen molar-refractivity contribution in [3.05, 3.63) is 28.8 Å². The SMILES string of the molecule is COC(=O)c1cnc(CN)c(F)c1C(F)F. The van der Waals surface area contributed by atoms with Gasteiger partial charge < -0.3 is 10.5 Å². The van der Waals surface area contributed by atoms with Crippen LogP contribution in [0.3, 0.4) is 0 Å². The van der Waals surface area contributed by atoms with Gasteiger partial charge in [0, 0.05) is 12.7 Å². The molecule has 88 valence electrons. The lowest BCUT2D eigenvalue weighted by molar-refractivity contribution is 0.0586. The summed E-state index contributed by atoms with van der Waals surface area (Å²) in [5.41, 5.74) is 3.18. The highest BCUT2D eigenvalue weighted by atomic mass is 19.3. The minimum absolute atomic E-state index is 0.317. The maximum atomic E-state index is 13.5. The number of halogens is 3. The average molecular weight is 234 g/mol. The molecule has 0 fully saturated rings. The third-order valence-electron chi connectivity index (χ3n) is 1.95. The molecule has 2 N–H and O–H groups in total. The molecule has 0 aromatic carbocycles. The number of esters is 1. The summed E-state index contributed by atoms with van der Waals surface area (Å²) in [5, 5.41) is 0. The molecule has 1 heterocycles. The van der Waals surface area contributed by atoms with Crippen molar-refractivity contribution in [1.29, 1.82) is 0 Å². The second-order valence-corrected chi connectivity index (χ2v) is 2.84. The Hall–Kier alpha value is -1.63. The van der Waals surface area contributed by atoms with E-state index in [4.69, 9.17) is 5.73 Å². The van der Waals surface area contributed by atoms with Crippen LogP contribution in [-0.2, 0) is 11.3 Å². The fourth-order valence-electron chi connectivity index (χ4n) is 1.17. The van der Waals surface area contributed by atoms with Crippen LogP contribution in [0.2, 0.25) is 0 Å². The molecule has 4 nitrogen and oxygen atoms in total. The Balaban J connectivity index is 3.40. The first kappa shape index (κ1) is 12.4. The first-order valence-electron chi connectivity index (χ1n) is 4.26. The number of rotatable bonds is 3. The molecule has 0 aliphatic heterocycles. The predicted octanol–water partition coefficient (Wildman–Crippen LogP) is 1.40. The van der Waals surface area contributed by atoms with Crippen LogP contribution in [0.4, 0.5) is 13.2 Å². The molecule has 1 aromatic heterocycles. The Labute approximate surface area is 89.2 Å². The quantitative estimate of drug-likeness (QED) is 0.803. The van der Waals surface area contributed by atoms with Crippen LogP contribution in [0.15, 0.2) is 6.20 Å². The molecule has 0 spiro atoms. The zero-order chi connectivity index (χ0) is 12.3. The van der Waals surface area contributed by atoms with Gasteiger partial charge in [0.15, 0.2) is 5.82 Å². The molecule has 1 aromatic rings. The average Bonchev–Trinajstić information content (AvgIpc) is 2.26. The van der Waals surface area contributed by atoms with Crippen molar-refractivity contribution < 1.29 is 22.7 Å². The molecule has 0 atom stereocenters. The molecular formula is C9H9F3N2O2. The van der Waals surface area contributed by atoms with E-state index in [0.717, 1.165) is 13.3 Å². The lowest BCUT2D eigenvalue weighted by atomic mass is 10.1. The van der Waals surface area contributed by atoms with Crippen molar-refractivity contribution in [2.45, 2.75) is 13.0 Å². The maximum absolute atomic E-state index is 13.5. The van der Waals surface area contributed by atoms with Gasteiger partial charge in [-0.15, -0.1) is 0 Å². The molecule has 0 aliphatic rings. The number of nitrogens with zero attached hydrogens (tertiary/aromatic N) is 1. The van der Waals surface area contributed by atoms with E-state index in [1.54, 1.807) is 0 Å². The molecule has 0 amide bonds. The van der Waals surface area contributed by atoms with E-state index in [1.165, 1.54) is 0 Å². The largest absolute Gasteiger partial charge is 0.465 e. The van der Waals surface area contributed by atoms with Crippen LogP contribution >= 0.6 is 0 Å². The van der Waals surface area contributed by atoms with Gasteiger partial charge in [0.2, 0.25) is 0 Å². The monoisotopic (exact) mass is 234 g/mol. The summed E-state index contributed by atoms with van der Waals surface area (Å²) in [5.74, 6) is -2.33. The fraction of sp³-hybridized carbons (Fsp3) is 0.333. The third-order valence-corrected chi connectivity index (χ3v) is 1.95. The smallest absolute Gasteiger partial charge is 0.340 e. The summed E-state index contributed by atoms with van der Waals surface area (Å²) < 4.78 is 42.9. The van der Waals surface area contributed by atoms with Gasteiger partial charge >= 0.3 is 5.97 Å². The molecule has 0 aliphatic carbocycles. The van der Waals surface area contributed by atoms with Crippen LogP contribution in [0.25, 0.3) is 0 Å². The molecule has 0 saturated carbocycles. The van der Waals surface area contributed by atoms with Gasteiger partial charge in [-0.1, -0.05) is 0 Å². The Morgan fingerprint density at radius 1 is 1.62 bits per heavy atom. The maximum Gasteiger partial charge on any atom is 0.340 e. The summed E-state index contributed by atoms with van der Waals surface area (Å²) >= 11 is 0. The molecule has 7 heteroatoms. The lowest BCUT2D eigenvalue weighted by Gasteiger charge is -2.10. The van der Waals surface area contributed by atoms with Crippen molar-refractivity contribution in [2.24, 2.45) is 5.73 Å². The van der Waals surface area contributed by atoms with Gasteiger partial charge in [-0.3, -0.25) is 4.98 Å². The van der Waals surface area contributed by atoms with Crippen LogP contribution in [0.1, 0.15) is 28.0 Å². The number of aromatic nitrogens is 1. The summed E-state index contributed by atoms with van der Waals surface area (Å²) in [6, 6.07) is 0. The summed E-state index contributed by atoms with van der Waals surface area (Å²) in [6.07, 6.45) is -2.30. The van der Waals surface area contributed by atoms with Crippen molar-refractivity contribution in [2.75, 3.05) is 7.11 Å². The minimum atomic E-state index is -3.14. The molecule has 0 bridgehead atoms. The number of nitrogens with two attached hydrogens (primary N) is 1. The molecule has 16 heavy (non-hydrogen) atoms. The van der Waals surface area contributed by atoms with Crippen molar-refractivity contribution in [3.63, 3.8) is 0 Å². The first-order valence-corrected chi connectivity index (χ1v) is 4.26. The highest BCUT2D eigenvalue weighted by Gasteiger charge is 2.25.